The number of hydrogen-bond acceptors (Lipinski definition) is 2. The lowest BCUT2D eigenvalue weighted by molar-refractivity contribution is 0.153. The zero-order valence-corrected chi connectivity index (χ0v) is 12.6. The van der Waals surface area contributed by atoms with Gasteiger partial charge < -0.3 is 10.6 Å². The van der Waals surface area contributed by atoms with E-state index in [-0.39, 0.29) is 11.2 Å². The van der Waals surface area contributed by atoms with Crippen LogP contribution in [-0.2, 0) is 6.54 Å². The molecule has 2 nitrogen and oxygen atoms in total. The van der Waals surface area contributed by atoms with Crippen LogP contribution < -0.4 is 5.73 Å². The highest BCUT2D eigenvalue weighted by Gasteiger charge is 2.30. The van der Waals surface area contributed by atoms with E-state index in [0.717, 1.165) is 25.2 Å². The van der Waals surface area contributed by atoms with E-state index in [9.17, 15) is 4.39 Å². The molecule has 0 unspecified atom stereocenters. The fourth-order valence-electron chi connectivity index (χ4n) is 3.48. The van der Waals surface area contributed by atoms with Gasteiger partial charge in [-0.1, -0.05) is 37.8 Å². The highest BCUT2D eigenvalue weighted by molar-refractivity contribution is 5.16. The largest absolute Gasteiger partial charge is 0.330 e. The summed E-state index contributed by atoms with van der Waals surface area (Å²) in [6, 6.07) is 6.89. The maximum atomic E-state index is 13.2. The van der Waals surface area contributed by atoms with E-state index in [1.807, 2.05) is 6.07 Å². The van der Waals surface area contributed by atoms with Crippen molar-refractivity contribution in [2.75, 3.05) is 20.1 Å². The van der Waals surface area contributed by atoms with Crippen LogP contribution in [-0.4, -0.2) is 25.0 Å². The Labute approximate surface area is 122 Å². The fourth-order valence-corrected chi connectivity index (χ4v) is 3.48. The van der Waals surface area contributed by atoms with Crippen molar-refractivity contribution in [3.8, 4) is 0 Å². The molecule has 0 aromatic heterocycles. The maximum Gasteiger partial charge on any atom is 0.123 e. The molecule has 2 rings (SSSR count). The molecule has 2 N–H and O–H groups in total. The number of benzene rings is 1. The third-order valence-electron chi connectivity index (χ3n) is 4.54. The van der Waals surface area contributed by atoms with E-state index in [0.29, 0.717) is 0 Å². The third-order valence-corrected chi connectivity index (χ3v) is 4.54. The van der Waals surface area contributed by atoms with Gasteiger partial charge in [0.05, 0.1) is 0 Å². The lowest BCUT2D eigenvalue weighted by Gasteiger charge is -2.35. The second kappa shape index (κ2) is 7.19. The van der Waals surface area contributed by atoms with Crippen molar-refractivity contribution < 1.29 is 4.39 Å². The van der Waals surface area contributed by atoms with E-state index in [4.69, 9.17) is 5.73 Å². The molecule has 1 aliphatic rings. The van der Waals surface area contributed by atoms with Crippen LogP contribution in [0, 0.1) is 11.2 Å². The topological polar surface area (TPSA) is 29.3 Å². The van der Waals surface area contributed by atoms with E-state index < -0.39 is 0 Å². The first kappa shape index (κ1) is 15.5. The van der Waals surface area contributed by atoms with Gasteiger partial charge in [-0.25, -0.2) is 4.39 Å². The van der Waals surface area contributed by atoms with Gasteiger partial charge in [0, 0.05) is 13.1 Å². The molecule has 1 aliphatic carbocycles. The smallest absolute Gasteiger partial charge is 0.123 e. The minimum Gasteiger partial charge on any atom is -0.330 e. The number of rotatable bonds is 5. The molecule has 20 heavy (non-hydrogen) atoms. The Morgan fingerprint density at radius 2 is 1.90 bits per heavy atom. The fraction of sp³-hybridized carbons (Fsp3) is 0.647. The Morgan fingerprint density at radius 3 is 2.50 bits per heavy atom. The van der Waals surface area contributed by atoms with Crippen LogP contribution in [0.15, 0.2) is 24.3 Å². The van der Waals surface area contributed by atoms with Crippen LogP contribution in [0.2, 0.25) is 0 Å². The summed E-state index contributed by atoms with van der Waals surface area (Å²) in [7, 11) is 2.12. The zero-order chi connectivity index (χ0) is 14.4. The van der Waals surface area contributed by atoms with Gasteiger partial charge in [-0.3, -0.25) is 0 Å². The van der Waals surface area contributed by atoms with Crippen molar-refractivity contribution in [2.45, 2.75) is 45.1 Å². The quantitative estimate of drug-likeness (QED) is 0.835. The van der Waals surface area contributed by atoms with Crippen molar-refractivity contribution in [1.82, 2.24) is 4.90 Å². The molecule has 0 aliphatic heterocycles. The molecule has 112 valence electrons. The first-order chi connectivity index (χ1) is 9.63. The Morgan fingerprint density at radius 1 is 1.20 bits per heavy atom. The van der Waals surface area contributed by atoms with Crippen molar-refractivity contribution in [3.05, 3.63) is 35.6 Å². The Balaban J connectivity index is 1.96. The van der Waals surface area contributed by atoms with Crippen LogP contribution in [0.25, 0.3) is 0 Å². The monoisotopic (exact) mass is 278 g/mol. The van der Waals surface area contributed by atoms with Crippen molar-refractivity contribution in [2.24, 2.45) is 11.1 Å². The molecule has 0 amide bonds. The average Bonchev–Trinajstić information content (AvgIpc) is 2.65. The molecule has 1 saturated carbocycles. The predicted molar refractivity (Wildman–Crippen MR) is 81.9 cm³/mol. The highest BCUT2D eigenvalue weighted by atomic mass is 19.1. The third kappa shape index (κ3) is 4.29. The molecule has 3 heteroatoms. The predicted octanol–water partition coefficient (Wildman–Crippen LogP) is 3.56. The van der Waals surface area contributed by atoms with Gasteiger partial charge >= 0.3 is 0 Å². The van der Waals surface area contributed by atoms with Crippen LogP contribution in [0.5, 0.6) is 0 Å². The molecular formula is C17H27FN2. The summed E-state index contributed by atoms with van der Waals surface area (Å²) < 4.78 is 13.2. The van der Waals surface area contributed by atoms with Gasteiger partial charge in [0.15, 0.2) is 0 Å². The van der Waals surface area contributed by atoms with Crippen LogP contribution in [0.4, 0.5) is 4.39 Å². The summed E-state index contributed by atoms with van der Waals surface area (Å²) in [5, 5.41) is 0. The Bertz CT molecular complexity index is 411. The highest BCUT2D eigenvalue weighted by Crippen LogP contribution is 2.35. The van der Waals surface area contributed by atoms with Gasteiger partial charge in [-0.2, -0.15) is 0 Å². The summed E-state index contributed by atoms with van der Waals surface area (Å²) in [5.74, 6) is -0.154. The van der Waals surface area contributed by atoms with Gasteiger partial charge in [-0.15, -0.1) is 0 Å². The Hall–Kier alpha value is -0.930. The first-order valence-corrected chi connectivity index (χ1v) is 7.77. The van der Waals surface area contributed by atoms with Gasteiger partial charge in [0.25, 0.3) is 0 Å². The molecule has 0 atom stereocenters. The molecular weight excluding hydrogens is 251 g/mol. The lowest BCUT2D eigenvalue weighted by Crippen LogP contribution is -2.40. The summed E-state index contributed by atoms with van der Waals surface area (Å²) in [4.78, 5) is 2.30. The zero-order valence-electron chi connectivity index (χ0n) is 12.6. The molecule has 0 heterocycles. The van der Waals surface area contributed by atoms with Crippen LogP contribution in [0.3, 0.4) is 0 Å². The summed E-state index contributed by atoms with van der Waals surface area (Å²) in [6.07, 6.45) is 7.74. The van der Waals surface area contributed by atoms with Crippen LogP contribution >= 0.6 is 0 Å². The number of halogens is 1. The lowest BCUT2D eigenvalue weighted by atomic mass is 9.80. The van der Waals surface area contributed by atoms with Gasteiger partial charge in [0.2, 0.25) is 0 Å². The SMILES string of the molecule is CN(Cc1cccc(F)c1)CC1(CN)CCCCCC1. The van der Waals surface area contributed by atoms with E-state index in [2.05, 4.69) is 11.9 Å². The molecule has 1 aromatic carbocycles. The van der Waals surface area contributed by atoms with E-state index in [1.165, 1.54) is 44.6 Å². The second-order valence-electron chi connectivity index (χ2n) is 6.42. The van der Waals surface area contributed by atoms with Crippen LogP contribution in [0.1, 0.15) is 44.1 Å². The van der Waals surface area contributed by atoms with Gasteiger partial charge in [0.1, 0.15) is 5.82 Å². The van der Waals surface area contributed by atoms with Crippen molar-refractivity contribution in [3.63, 3.8) is 0 Å². The Kier molecular flexibility index (Phi) is 5.55. The number of nitrogens with two attached hydrogens (primary N) is 1. The summed E-state index contributed by atoms with van der Waals surface area (Å²) >= 11 is 0. The van der Waals surface area contributed by atoms with Gasteiger partial charge in [-0.05, 0) is 49.5 Å². The van der Waals surface area contributed by atoms with Crippen molar-refractivity contribution >= 4 is 0 Å². The standard InChI is InChI=1S/C17H27FN2/c1-20(12-15-7-6-8-16(18)11-15)14-17(13-19)9-4-2-3-5-10-17/h6-8,11H,2-5,9-10,12-14,19H2,1H3. The minimum absolute atomic E-state index is 0.154. The second-order valence-corrected chi connectivity index (χ2v) is 6.42. The number of hydrogen-bond donors (Lipinski definition) is 1. The minimum atomic E-state index is -0.154. The molecule has 0 saturated heterocycles. The molecule has 1 aromatic rings. The average molecular weight is 278 g/mol. The summed E-state index contributed by atoms with van der Waals surface area (Å²) in [5.41, 5.74) is 7.38. The normalized spacial score (nSPS) is 19.0. The molecule has 1 fully saturated rings. The molecule has 0 spiro atoms. The first-order valence-electron chi connectivity index (χ1n) is 7.77. The van der Waals surface area contributed by atoms with E-state index >= 15 is 0 Å². The molecule has 0 bridgehead atoms. The van der Waals surface area contributed by atoms with Crippen molar-refractivity contribution in [1.29, 1.82) is 0 Å². The number of nitrogens with zero attached hydrogens (tertiary/aromatic N) is 1. The summed E-state index contributed by atoms with van der Waals surface area (Å²) in [6.45, 7) is 2.57. The molecule has 0 radical (unpaired) electrons. The van der Waals surface area contributed by atoms with E-state index in [1.54, 1.807) is 12.1 Å². The maximum absolute atomic E-state index is 13.2.